The van der Waals surface area contributed by atoms with Gasteiger partial charge in [0.25, 0.3) is 5.78 Å². The van der Waals surface area contributed by atoms with Crippen LogP contribution in [0.5, 0.6) is 0 Å². The Morgan fingerprint density at radius 1 is 1.00 bits per heavy atom. The first-order valence-corrected chi connectivity index (χ1v) is 9.18. The molecule has 27 heavy (non-hydrogen) atoms. The number of aromatic nitrogens is 4. The number of aryl methyl sites for hydroxylation is 2. The molecule has 4 aromatic rings. The number of halogens is 1. The highest BCUT2D eigenvalue weighted by atomic mass is 35.5. The summed E-state index contributed by atoms with van der Waals surface area (Å²) in [5.74, 6) is 2.16. The van der Waals surface area contributed by atoms with Gasteiger partial charge in [0, 0.05) is 28.9 Å². The van der Waals surface area contributed by atoms with Gasteiger partial charge in [0.2, 0.25) is 0 Å². The van der Waals surface area contributed by atoms with Gasteiger partial charge < -0.3 is 5.32 Å². The highest BCUT2D eigenvalue weighted by Gasteiger charge is 2.12. The van der Waals surface area contributed by atoms with Crippen LogP contribution in [0.25, 0.3) is 5.78 Å². The molecule has 0 saturated heterocycles. The molecule has 0 atom stereocenters. The summed E-state index contributed by atoms with van der Waals surface area (Å²) in [5, 5.41) is 8.87. The Balaban J connectivity index is 1.71. The van der Waals surface area contributed by atoms with E-state index >= 15 is 0 Å². The van der Waals surface area contributed by atoms with Gasteiger partial charge in [-0.25, -0.2) is 4.98 Å². The van der Waals surface area contributed by atoms with E-state index in [4.69, 9.17) is 11.6 Å². The van der Waals surface area contributed by atoms with E-state index in [-0.39, 0.29) is 0 Å². The summed E-state index contributed by atoms with van der Waals surface area (Å²) in [7, 11) is 0. The number of fused-ring (bicyclic) bond motifs is 1. The molecule has 5 nitrogen and oxygen atoms in total. The van der Waals surface area contributed by atoms with Gasteiger partial charge in [-0.3, -0.25) is 0 Å². The van der Waals surface area contributed by atoms with Crippen LogP contribution in [0.1, 0.15) is 28.2 Å². The molecule has 1 N–H and O–H groups in total. The smallest absolute Gasteiger partial charge is 0.254 e. The van der Waals surface area contributed by atoms with Gasteiger partial charge in [-0.05, 0) is 55.7 Å². The monoisotopic (exact) mass is 377 g/mol. The molecule has 0 spiro atoms. The van der Waals surface area contributed by atoms with E-state index in [0.29, 0.717) is 12.2 Å². The number of benzene rings is 2. The SMILES string of the molecule is Cc1cc(Nc2cccc(C)c2C)n2nc(Cc3ccc(Cl)cc3)nc2n1. The van der Waals surface area contributed by atoms with Crippen LogP contribution >= 0.6 is 11.6 Å². The molecular weight excluding hydrogens is 358 g/mol. The molecule has 6 heteroatoms. The Bertz CT molecular complexity index is 1120. The lowest BCUT2D eigenvalue weighted by Crippen LogP contribution is -2.04. The first kappa shape index (κ1) is 17.5. The van der Waals surface area contributed by atoms with Gasteiger partial charge in [-0.15, -0.1) is 5.10 Å². The minimum absolute atomic E-state index is 0.590. The van der Waals surface area contributed by atoms with Crippen LogP contribution in [0.3, 0.4) is 0 Å². The molecule has 2 aromatic carbocycles. The molecule has 0 aliphatic rings. The lowest BCUT2D eigenvalue weighted by molar-refractivity contribution is 0.893. The summed E-state index contributed by atoms with van der Waals surface area (Å²) < 4.78 is 1.76. The fourth-order valence-electron chi connectivity index (χ4n) is 3.00. The van der Waals surface area contributed by atoms with Crippen LogP contribution in [0.2, 0.25) is 5.02 Å². The van der Waals surface area contributed by atoms with Gasteiger partial charge in [0.15, 0.2) is 5.82 Å². The molecule has 0 amide bonds. The van der Waals surface area contributed by atoms with Crippen LogP contribution < -0.4 is 5.32 Å². The maximum atomic E-state index is 5.96. The Labute approximate surface area is 163 Å². The molecule has 4 rings (SSSR count). The second kappa shape index (κ2) is 7.00. The molecule has 0 unspecified atom stereocenters. The maximum absolute atomic E-state index is 5.96. The van der Waals surface area contributed by atoms with Gasteiger partial charge in [-0.1, -0.05) is 35.9 Å². The van der Waals surface area contributed by atoms with Crippen molar-refractivity contribution in [1.29, 1.82) is 0 Å². The van der Waals surface area contributed by atoms with Crippen molar-refractivity contribution < 1.29 is 0 Å². The third kappa shape index (κ3) is 3.64. The summed E-state index contributed by atoms with van der Waals surface area (Å²) in [6.07, 6.45) is 0.627. The van der Waals surface area contributed by atoms with Gasteiger partial charge in [0.05, 0.1) is 0 Å². The zero-order valence-electron chi connectivity index (χ0n) is 15.5. The molecule has 0 bridgehead atoms. The number of nitrogens with one attached hydrogen (secondary N) is 1. The van der Waals surface area contributed by atoms with Gasteiger partial charge in [-0.2, -0.15) is 9.50 Å². The average molecular weight is 378 g/mol. The van der Waals surface area contributed by atoms with Crippen LogP contribution in [0.4, 0.5) is 11.5 Å². The Hall–Kier alpha value is -2.92. The van der Waals surface area contributed by atoms with E-state index in [1.807, 2.05) is 43.3 Å². The first-order chi connectivity index (χ1) is 13.0. The zero-order valence-corrected chi connectivity index (χ0v) is 16.2. The van der Waals surface area contributed by atoms with Crippen LogP contribution in [-0.2, 0) is 6.42 Å². The number of hydrogen-bond acceptors (Lipinski definition) is 4. The zero-order chi connectivity index (χ0) is 19.0. The van der Waals surface area contributed by atoms with E-state index in [1.54, 1.807) is 4.52 Å². The van der Waals surface area contributed by atoms with Crippen molar-refractivity contribution in [3.05, 3.63) is 81.8 Å². The molecule has 0 aliphatic carbocycles. The van der Waals surface area contributed by atoms with Crippen LogP contribution in [0, 0.1) is 20.8 Å². The lowest BCUT2D eigenvalue weighted by Gasteiger charge is -2.12. The fraction of sp³-hybridized carbons (Fsp3) is 0.190. The van der Waals surface area contributed by atoms with Crippen molar-refractivity contribution >= 4 is 28.9 Å². The lowest BCUT2D eigenvalue weighted by atomic mass is 10.1. The van der Waals surface area contributed by atoms with E-state index in [1.165, 1.54) is 11.1 Å². The third-order valence-electron chi connectivity index (χ3n) is 4.63. The van der Waals surface area contributed by atoms with Crippen LogP contribution in [0.15, 0.2) is 48.5 Å². The summed E-state index contributed by atoms with van der Waals surface area (Å²) in [6, 6.07) is 15.9. The minimum atomic E-state index is 0.590. The predicted octanol–water partition coefficient (Wildman–Crippen LogP) is 5.04. The second-order valence-corrected chi connectivity index (χ2v) is 7.13. The average Bonchev–Trinajstić information content (AvgIpc) is 3.03. The Kier molecular flexibility index (Phi) is 4.54. The third-order valence-corrected chi connectivity index (χ3v) is 4.88. The van der Waals surface area contributed by atoms with E-state index < -0.39 is 0 Å². The summed E-state index contributed by atoms with van der Waals surface area (Å²) >= 11 is 5.96. The fourth-order valence-corrected chi connectivity index (χ4v) is 3.13. The quantitative estimate of drug-likeness (QED) is 0.541. The highest BCUT2D eigenvalue weighted by Crippen LogP contribution is 2.23. The Morgan fingerprint density at radius 3 is 2.56 bits per heavy atom. The van der Waals surface area contributed by atoms with Crippen molar-refractivity contribution in [2.75, 3.05) is 5.32 Å². The summed E-state index contributed by atoms with van der Waals surface area (Å²) in [5.41, 5.74) is 5.50. The molecule has 0 saturated carbocycles. The van der Waals surface area contributed by atoms with Crippen molar-refractivity contribution in [3.8, 4) is 0 Å². The number of nitrogens with zero attached hydrogens (tertiary/aromatic N) is 4. The normalized spacial score (nSPS) is 11.1. The Morgan fingerprint density at radius 2 is 1.78 bits per heavy atom. The standard InChI is InChI=1S/C21H20ClN5/c1-13-5-4-6-18(15(13)3)24-20-11-14(2)23-21-25-19(26-27(20)21)12-16-7-9-17(22)10-8-16/h4-11,24H,12H2,1-3H3. The van der Waals surface area contributed by atoms with E-state index in [0.717, 1.165) is 33.6 Å². The molecular formula is C21H20ClN5. The van der Waals surface area contributed by atoms with Gasteiger partial charge in [0.1, 0.15) is 5.82 Å². The minimum Gasteiger partial charge on any atom is -0.340 e. The largest absolute Gasteiger partial charge is 0.340 e. The molecule has 136 valence electrons. The predicted molar refractivity (Wildman–Crippen MR) is 109 cm³/mol. The molecule has 0 aliphatic heterocycles. The number of hydrogen-bond donors (Lipinski definition) is 1. The molecule has 2 heterocycles. The van der Waals surface area contributed by atoms with Crippen molar-refractivity contribution in [2.24, 2.45) is 0 Å². The second-order valence-electron chi connectivity index (χ2n) is 6.70. The topological polar surface area (TPSA) is 55.1 Å². The molecule has 0 fully saturated rings. The van der Waals surface area contributed by atoms with Gasteiger partial charge >= 0.3 is 0 Å². The molecule has 2 aromatic heterocycles. The first-order valence-electron chi connectivity index (χ1n) is 8.80. The highest BCUT2D eigenvalue weighted by molar-refractivity contribution is 6.30. The van der Waals surface area contributed by atoms with Crippen molar-refractivity contribution in [1.82, 2.24) is 19.6 Å². The number of anilines is 2. The summed E-state index contributed by atoms with van der Waals surface area (Å²) in [4.78, 5) is 9.12. The van der Waals surface area contributed by atoms with Crippen molar-refractivity contribution in [3.63, 3.8) is 0 Å². The molecule has 0 radical (unpaired) electrons. The van der Waals surface area contributed by atoms with E-state index in [9.17, 15) is 0 Å². The number of rotatable bonds is 4. The van der Waals surface area contributed by atoms with E-state index in [2.05, 4.69) is 46.4 Å². The maximum Gasteiger partial charge on any atom is 0.254 e. The van der Waals surface area contributed by atoms with Crippen LogP contribution in [-0.4, -0.2) is 19.6 Å². The van der Waals surface area contributed by atoms with Crippen molar-refractivity contribution in [2.45, 2.75) is 27.2 Å². The summed E-state index contributed by atoms with van der Waals surface area (Å²) in [6.45, 7) is 6.17.